The summed E-state index contributed by atoms with van der Waals surface area (Å²) >= 11 is 6.20. The molecule has 1 nitrogen and oxygen atoms in total. The Hall–Kier alpha value is -1.60. The Labute approximate surface area is 105 Å². The molecule has 0 N–H and O–H groups in total. The van der Waals surface area contributed by atoms with Gasteiger partial charge in [-0.25, -0.2) is 4.42 Å². The van der Waals surface area contributed by atoms with Gasteiger partial charge in [0.15, 0.2) is 0 Å². The molecule has 0 fully saturated rings. The first-order chi connectivity index (χ1) is 8.16. The van der Waals surface area contributed by atoms with Crippen molar-refractivity contribution in [2.45, 2.75) is 13.8 Å². The van der Waals surface area contributed by atoms with Crippen LogP contribution in [0, 0.1) is 13.8 Å². The smallest absolute Gasteiger partial charge is 0.212 e. The summed E-state index contributed by atoms with van der Waals surface area (Å²) in [6, 6.07) is 12.1. The van der Waals surface area contributed by atoms with E-state index in [-0.39, 0.29) is 0 Å². The second-order valence-electron chi connectivity index (χ2n) is 4.30. The Balaban J connectivity index is 2.55. The zero-order chi connectivity index (χ0) is 12.0. The molecule has 3 rings (SSSR count). The van der Waals surface area contributed by atoms with Gasteiger partial charge in [-0.1, -0.05) is 23.7 Å². The zero-order valence-electron chi connectivity index (χ0n) is 9.75. The van der Waals surface area contributed by atoms with Gasteiger partial charge in [0.05, 0.1) is 12.3 Å². The Morgan fingerprint density at radius 2 is 1.76 bits per heavy atom. The Kier molecular flexibility index (Phi) is 2.30. The van der Waals surface area contributed by atoms with Crippen LogP contribution in [0.25, 0.3) is 21.7 Å². The van der Waals surface area contributed by atoms with Gasteiger partial charge in [-0.2, -0.15) is 0 Å². The molecule has 3 aromatic rings. The molecule has 0 saturated heterocycles. The van der Waals surface area contributed by atoms with Crippen molar-refractivity contribution < 1.29 is 4.42 Å². The number of hydrogen-bond donors (Lipinski definition) is 0. The van der Waals surface area contributed by atoms with Crippen molar-refractivity contribution in [3.05, 3.63) is 52.7 Å². The molecule has 1 heterocycles. The lowest BCUT2D eigenvalue weighted by Gasteiger charge is -2.01. The maximum absolute atomic E-state index is 6.20. The van der Waals surface area contributed by atoms with E-state index in [0.29, 0.717) is 0 Å². The average molecular weight is 244 g/mol. The van der Waals surface area contributed by atoms with Gasteiger partial charge in [-0.3, -0.25) is 0 Å². The molecule has 0 bridgehead atoms. The molecule has 0 aliphatic rings. The fourth-order valence-electron chi connectivity index (χ4n) is 2.12. The van der Waals surface area contributed by atoms with Crippen LogP contribution in [-0.4, -0.2) is 0 Å². The summed E-state index contributed by atoms with van der Waals surface area (Å²) in [6.45, 7) is 4.04. The Morgan fingerprint density at radius 1 is 0.941 bits per heavy atom. The molecular weight excluding hydrogens is 232 g/mol. The van der Waals surface area contributed by atoms with Crippen molar-refractivity contribution in [3.8, 4) is 0 Å². The van der Waals surface area contributed by atoms with Crippen LogP contribution >= 0.6 is 11.6 Å². The average Bonchev–Trinajstić information content (AvgIpc) is 2.31. The highest BCUT2D eigenvalue weighted by Crippen LogP contribution is 2.31. The van der Waals surface area contributed by atoms with Gasteiger partial charge in [0.2, 0.25) is 0 Å². The topological polar surface area (TPSA) is 11.3 Å². The molecule has 0 aliphatic heterocycles. The molecule has 1 aromatic heterocycles. The zero-order valence-corrected chi connectivity index (χ0v) is 10.5. The Morgan fingerprint density at radius 3 is 2.59 bits per heavy atom. The van der Waals surface area contributed by atoms with Gasteiger partial charge in [0, 0.05) is 22.0 Å². The fourth-order valence-corrected chi connectivity index (χ4v) is 2.36. The van der Waals surface area contributed by atoms with E-state index in [1.165, 1.54) is 0 Å². The normalized spacial score (nSPS) is 11.2. The van der Waals surface area contributed by atoms with E-state index in [1.54, 1.807) is 0 Å². The van der Waals surface area contributed by atoms with Crippen LogP contribution in [0.15, 0.2) is 40.8 Å². The van der Waals surface area contributed by atoms with Crippen molar-refractivity contribution in [3.63, 3.8) is 0 Å². The number of fused-ring (bicyclic) bond motifs is 3. The lowest BCUT2D eigenvalue weighted by molar-refractivity contribution is 0.561. The van der Waals surface area contributed by atoms with Crippen LogP contribution < -0.4 is 0 Å². The molecule has 0 spiro atoms. The van der Waals surface area contributed by atoms with E-state index < -0.39 is 0 Å². The van der Waals surface area contributed by atoms with Gasteiger partial charge < -0.3 is 0 Å². The number of halogens is 1. The lowest BCUT2D eigenvalue weighted by atomic mass is 10.0. The van der Waals surface area contributed by atoms with Gasteiger partial charge in [-0.05, 0) is 30.5 Å². The highest BCUT2D eigenvalue weighted by atomic mass is 35.5. The molecule has 17 heavy (non-hydrogen) atoms. The summed E-state index contributed by atoms with van der Waals surface area (Å²) < 4.78 is 5.80. The molecule has 0 radical (unpaired) electrons. The highest BCUT2D eigenvalue weighted by molar-refractivity contribution is 6.36. The van der Waals surface area contributed by atoms with Crippen LogP contribution in [-0.2, 0) is 0 Å². The first-order valence-electron chi connectivity index (χ1n) is 5.58. The summed E-state index contributed by atoms with van der Waals surface area (Å²) in [5.41, 5.74) is 2.06. The molecule has 0 amide bonds. The molecule has 0 atom stereocenters. The maximum Gasteiger partial charge on any atom is 0.360 e. The van der Waals surface area contributed by atoms with Crippen LogP contribution in [0.1, 0.15) is 11.3 Å². The van der Waals surface area contributed by atoms with Crippen LogP contribution in [0.2, 0.25) is 5.02 Å². The summed E-state index contributed by atoms with van der Waals surface area (Å²) in [4.78, 5) is 0. The minimum atomic E-state index is 0.780. The van der Waals surface area contributed by atoms with Gasteiger partial charge in [0.25, 0.3) is 0 Å². The van der Waals surface area contributed by atoms with E-state index in [9.17, 15) is 0 Å². The van der Waals surface area contributed by atoms with Crippen LogP contribution in [0.3, 0.4) is 0 Å². The van der Waals surface area contributed by atoms with Crippen molar-refractivity contribution in [1.29, 1.82) is 0 Å². The summed E-state index contributed by atoms with van der Waals surface area (Å²) in [7, 11) is 0. The third-order valence-electron chi connectivity index (χ3n) is 3.19. The minimum absolute atomic E-state index is 0.780. The van der Waals surface area contributed by atoms with E-state index in [0.717, 1.165) is 38.1 Å². The number of aryl methyl sites for hydroxylation is 2. The molecule has 0 aliphatic carbocycles. The predicted molar refractivity (Wildman–Crippen MR) is 72.6 cm³/mol. The van der Waals surface area contributed by atoms with E-state index in [1.807, 2.05) is 31.2 Å². The first kappa shape index (κ1) is 10.5. The largest absolute Gasteiger partial charge is 0.360 e. The van der Waals surface area contributed by atoms with Crippen molar-refractivity contribution in [2.75, 3.05) is 0 Å². The second kappa shape index (κ2) is 3.71. The molecule has 2 heteroatoms. The Bertz CT molecular complexity index is 732. The molecule has 84 valence electrons. The van der Waals surface area contributed by atoms with E-state index >= 15 is 0 Å². The summed E-state index contributed by atoms with van der Waals surface area (Å²) in [5.74, 6) is 0.957. The SMILES string of the molecule is Cc1cc2c(ccc3c(Cl)cccc32)[o+]c1C. The lowest BCUT2D eigenvalue weighted by Crippen LogP contribution is -1.84. The van der Waals surface area contributed by atoms with Gasteiger partial charge >= 0.3 is 11.3 Å². The molecule has 0 saturated carbocycles. The quantitative estimate of drug-likeness (QED) is 0.393. The molecular formula is C15H12ClO+. The number of benzene rings is 2. The highest BCUT2D eigenvalue weighted by Gasteiger charge is 2.14. The standard InChI is InChI=1S/C15H12ClO/c1-9-8-13-11-4-3-5-14(16)12(11)6-7-15(13)17-10(9)2/h3-8H,1-2H3/q+1. The number of hydrogen-bond acceptors (Lipinski definition) is 0. The van der Waals surface area contributed by atoms with Crippen molar-refractivity contribution in [1.82, 2.24) is 0 Å². The van der Waals surface area contributed by atoms with Gasteiger partial charge in [-0.15, -0.1) is 0 Å². The maximum atomic E-state index is 6.20. The molecule has 2 aromatic carbocycles. The van der Waals surface area contributed by atoms with Crippen LogP contribution in [0.5, 0.6) is 0 Å². The van der Waals surface area contributed by atoms with Gasteiger partial charge in [0.1, 0.15) is 0 Å². The van der Waals surface area contributed by atoms with Crippen molar-refractivity contribution in [2.24, 2.45) is 0 Å². The third-order valence-corrected chi connectivity index (χ3v) is 3.52. The minimum Gasteiger partial charge on any atom is -0.212 e. The summed E-state index contributed by atoms with van der Waals surface area (Å²) in [6.07, 6.45) is 0. The summed E-state index contributed by atoms with van der Waals surface area (Å²) in [5, 5.41) is 4.11. The molecule has 0 unspecified atom stereocenters. The van der Waals surface area contributed by atoms with E-state index in [2.05, 4.69) is 19.1 Å². The first-order valence-corrected chi connectivity index (χ1v) is 5.96. The number of rotatable bonds is 0. The van der Waals surface area contributed by atoms with Crippen LogP contribution in [0.4, 0.5) is 0 Å². The van der Waals surface area contributed by atoms with E-state index in [4.69, 9.17) is 16.0 Å². The van der Waals surface area contributed by atoms with Crippen molar-refractivity contribution >= 4 is 33.3 Å². The second-order valence-corrected chi connectivity index (χ2v) is 4.71. The predicted octanol–water partition coefficient (Wildman–Crippen LogP) is 5.14. The fraction of sp³-hybridized carbons (Fsp3) is 0.133. The monoisotopic (exact) mass is 243 g/mol. The third kappa shape index (κ3) is 1.58.